The van der Waals surface area contributed by atoms with Crippen molar-refractivity contribution in [2.45, 2.75) is 23.8 Å². The maximum Gasteiger partial charge on any atom is 0.238 e. The molecular formula is C12H20N4O2S. The number of sulfonamides is 1. The van der Waals surface area contributed by atoms with Gasteiger partial charge in [0.15, 0.2) is 0 Å². The highest BCUT2D eigenvalue weighted by molar-refractivity contribution is 7.89. The monoisotopic (exact) mass is 284 g/mol. The number of benzene rings is 1. The molecule has 6 nitrogen and oxygen atoms in total. The lowest BCUT2D eigenvalue weighted by atomic mass is 10.2. The van der Waals surface area contributed by atoms with Gasteiger partial charge in [0.1, 0.15) is 0 Å². The minimum atomic E-state index is -3.69. The summed E-state index contributed by atoms with van der Waals surface area (Å²) in [7, 11) is -1.61. The Kier molecular flexibility index (Phi) is 3.98. The summed E-state index contributed by atoms with van der Waals surface area (Å²) in [6.07, 6.45) is 2.53. The van der Waals surface area contributed by atoms with Crippen molar-refractivity contribution >= 4 is 21.4 Å². The molecule has 1 saturated carbocycles. The second-order valence-electron chi connectivity index (χ2n) is 4.93. The molecule has 106 valence electrons. The largest absolute Gasteiger partial charge is 0.397 e. The van der Waals surface area contributed by atoms with Crippen LogP contribution in [-0.2, 0) is 10.0 Å². The highest BCUT2D eigenvalue weighted by atomic mass is 32.2. The van der Waals surface area contributed by atoms with Gasteiger partial charge in [0.05, 0.1) is 16.3 Å². The zero-order valence-electron chi connectivity index (χ0n) is 11.0. The lowest BCUT2D eigenvalue weighted by molar-refractivity contribution is 0.337. The molecule has 0 saturated heterocycles. The Hall–Kier alpha value is -1.31. The van der Waals surface area contributed by atoms with E-state index in [1.165, 1.54) is 25.0 Å². The van der Waals surface area contributed by atoms with Crippen LogP contribution in [0.4, 0.5) is 11.4 Å². The van der Waals surface area contributed by atoms with Crippen LogP contribution in [0.3, 0.4) is 0 Å². The van der Waals surface area contributed by atoms with Gasteiger partial charge in [-0.15, -0.1) is 0 Å². The predicted octanol–water partition coefficient (Wildman–Crippen LogP) is 0.422. The summed E-state index contributed by atoms with van der Waals surface area (Å²) >= 11 is 0. The van der Waals surface area contributed by atoms with Gasteiger partial charge in [0.2, 0.25) is 10.0 Å². The first-order valence-corrected chi connectivity index (χ1v) is 7.79. The van der Waals surface area contributed by atoms with Crippen LogP contribution in [0.5, 0.6) is 0 Å². The fourth-order valence-corrected chi connectivity index (χ4v) is 2.47. The second-order valence-corrected chi connectivity index (χ2v) is 6.49. The van der Waals surface area contributed by atoms with E-state index in [1.807, 2.05) is 0 Å². The quantitative estimate of drug-likeness (QED) is 0.657. The summed E-state index contributed by atoms with van der Waals surface area (Å²) in [5.74, 6) is 0. The number of rotatable bonds is 6. The molecule has 2 rings (SSSR count). The molecule has 1 aromatic rings. The highest BCUT2D eigenvalue weighted by Gasteiger charge is 2.25. The first-order valence-electron chi connectivity index (χ1n) is 6.24. The van der Waals surface area contributed by atoms with Crippen LogP contribution < -0.4 is 16.2 Å². The van der Waals surface area contributed by atoms with Gasteiger partial charge in [-0.1, -0.05) is 0 Å². The van der Waals surface area contributed by atoms with E-state index < -0.39 is 10.0 Å². The molecule has 5 N–H and O–H groups in total. The van der Waals surface area contributed by atoms with Gasteiger partial charge in [-0.3, -0.25) is 0 Å². The third-order valence-electron chi connectivity index (χ3n) is 3.30. The van der Waals surface area contributed by atoms with E-state index in [-0.39, 0.29) is 4.90 Å². The van der Waals surface area contributed by atoms with Gasteiger partial charge in [0, 0.05) is 19.1 Å². The van der Waals surface area contributed by atoms with Crippen molar-refractivity contribution in [3.63, 3.8) is 0 Å². The zero-order valence-corrected chi connectivity index (χ0v) is 11.8. The third kappa shape index (κ3) is 3.82. The lowest BCUT2D eigenvalue weighted by Crippen LogP contribution is -2.27. The van der Waals surface area contributed by atoms with Gasteiger partial charge >= 0.3 is 0 Å². The van der Waals surface area contributed by atoms with Crippen LogP contribution >= 0.6 is 0 Å². The summed E-state index contributed by atoms with van der Waals surface area (Å²) in [6.45, 7) is 1.61. The van der Waals surface area contributed by atoms with Gasteiger partial charge in [-0.25, -0.2) is 13.6 Å². The predicted molar refractivity (Wildman–Crippen MR) is 76.4 cm³/mol. The average Bonchev–Trinajstić information content (AvgIpc) is 3.13. The Morgan fingerprint density at radius 2 is 2.11 bits per heavy atom. The molecule has 0 bridgehead atoms. The number of hydrogen-bond acceptors (Lipinski definition) is 5. The van der Waals surface area contributed by atoms with E-state index in [2.05, 4.69) is 17.3 Å². The minimum Gasteiger partial charge on any atom is -0.397 e. The average molecular weight is 284 g/mol. The van der Waals surface area contributed by atoms with Crippen LogP contribution in [0.15, 0.2) is 23.1 Å². The number of hydrogen-bond donors (Lipinski definition) is 3. The molecule has 0 aromatic heterocycles. The highest BCUT2D eigenvalue weighted by Crippen LogP contribution is 2.25. The van der Waals surface area contributed by atoms with E-state index in [9.17, 15) is 8.42 Å². The lowest BCUT2D eigenvalue weighted by Gasteiger charge is -2.17. The molecular weight excluding hydrogens is 264 g/mol. The molecule has 0 unspecified atom stereocenters. The first kappa shape index (κ1) is 14.1. The fourth-order valence-electron chi connectivity index (χ4n) is 1.93. The van der Waals surface area contributed by atoms with Crippen LogP contribution in [0, 0.1) is 0 Å². The Balaban J connectivity index is 1.98. The molecule has 1 aliphatic rings. The Morgan fingerprint density at radius 3 is 2.68 bits per heavy atom. The Labute approximate surface area is 113 Å². The normalized spacial score (nSPS) is 15.7. The van der Waals surface area contributed by atoms with E-state index in [1.54, 1.807) is 6.07 Å². The number of likely N-dealkylation sites (N-methyl/N-ethyl adjacent to an activating group) is 1. The van der Waals surface area contributed by atoms with Crippen molar-refractivity contribution in [1.82, 2.24) is 4.90 Å². The number of anilines is 2. The molecule has 0 aliphatic heterocycles. The van der Waals surface area contributed by atoms with Crippen LogP contribution in [0.25, 0.3) is 0 Å². The summed E-state index contributed by atoms with van der Waals surface area (Å²) in [5.41, 5.74) is 6.93. The molecule has 0 heterocycles. The van der Waals surface area contributed by atoms with E-state index >= 15 is 0 Å². The van der Waals surface area contributed by atoms with E-state index in [0.717, 1.165) is 6.54 Å². The van der Waals surface area contributed by atoms with Crippen molar-refractivity contribution < 1.29 is 8.42 Å². The number of nitrogens with zero attached hydrogens (tertiary/aromatic N) is 1. The number of nitrogens with two attached hydrogens (primary N) is 2. The summed E-state index contributed by atoms with van der Waals surface area (Å²) < 4.78 is 22.6. The maximum absolute atomic E-state index is 11.3. The second kappa shape index (κ2) is 5.36. The van der Waals surface area contributed by atoms with Crippen molar-refractivity contribution in [2.24, 2.45) is 5.14 Å². The zero-order chi connectivity index (χ0) is 14.0. The molecule has 1 fully saturated rings. The van der Waals surface area contributed by atoms with Crippen molar-refractivity contribution in [3.8, 4) is 0 Å². The summed E-state index contributed by atoms with van der Waals surface area (Å²) in [5, 5.41) is 8.25. The van der Waals surface area contributed by atoms with Gasteiger partial charge in [-0.2, -0.15) is 0 Å². The molecule has 0 amide bonds. The standard InChI is InChI=1S/C12H20N4O2S/c1-16(9-2-3-9)7-6-15-12-8-10(19(14,17)18)4-5-11(12)13/h4-5,8-9,15H,2-3,6-7,13H2,1H3,(H2,14,17,18). The van der Waals surface area contributed by atoms with Gasteiger partial charge in [0.25, 0.3) is 0 Å². The SMILES string of the molecule is CN(CCNc1cc(S(N)(=O)=O)ccc1N)C1CC1. The molecule has 1 aliphatic carbocycles. The third-order valence-corrected chi connectivity index (χ3v) is 4.21. The molecule has 1 aromatic carbocycles. The van der Waals surface area contributed by atoms with Gasteiger partial charge in [-0.05, 0) is 38.1 Å². The molecule has 0 atom stereocenters. The van der Waals surface area contributed by atoms with Crippen molar-refractivity contribution in [2.75, 3.05) is 31.2 Å². The number of nitrogen functional groups attached to an aromatic ring is 1. The number of nitrogens with one attached hydrogen (secondary N) is 1. The van der Waals surface area contributed by atoms with E-state index in [4.69, 9.17) is 10.9 Å². The van der Waals surface area contributed by atoms with Crippen LogP contribution in [-0.4, -0.2) is 39.5 Å². The van der Waals surface area contributed by atoms with Crippen molar-refractivity contribution in [1.29, 1.82) is 0 Å². The Morgan fingerprint density at radius 1 is 1.42 bits per heavy atom. The van der Waals surface area contributed by atoms with Crippen LogP contribution in [0.1, 0.15) is 12.8 Å². The van der Waals surface area contributed by atoms with Gasteiger partial charge < -0.3 is 16.0 Å². The molecule has 0 spiro atoms. The summed E-state index contributed by atoms with van der Waals surface area (Å²) in [6, 6.07) is 5.13. The molecule has 7 heteroatoms. The van der Waals surface area contributed by atoms with Crippen molar-refractivity contribution in [3.05, 3.63) is 18.2 Å². The smallest absolute Gasteiger partial charge is 0.238 e. The number of primary sulfonamides is 1. The molecule has 0 radical (unpaired) electrons. The Bertz CT molecular complexity index is 555. The van der Waals surface area contributed by atoms with E-state index in [0.29, 0.717) is 24.0 Å². The molecule has 19 heavy (non-hydrogen) atoms. The van der Waals surface area contributed by atoms with Crippen LogP contribution in [0.2, 0.25) is 0 Å². The minimum absolute atomic E-state index is 0.0692. The summed E-state index contributed by atoms with van der Waals surface area (Å²) in [4.78, 5) is 2.35. The first-order chi connectivity index (χ1) is 8.88. The topological polar surface area (TPSA) is 101 Å². The maximum atomic E-state index is 11.3. The fraction of sp³-hybridized carbons (Fsp3) is 0.500.